The third kappa shape index (κ3) is 3.24. The molecule has 4 rings (SSSR count). The van der Waals surface area contributed by atoms with Gasteiger partial charge in [0.15, 0.2) is 0 Å². The summed E-state index contributed by atoms with van der Waals surface area (Å²) < 4.78 is 0. The molecule has 1 aliphatic heterocycles. The molecule has 2 aromatic carbocycles. The minimum Gasteiger partial charge on any atom is -0.296 e. The first-order chi connectivity index (χ1) is 13.2. The highest BCUT2D eigenvalue weighted by Gasteiger charge is 2.58. The van der Waals surface area contributed by atoms with Gasteiger partial charge >= 0.3 is 0 Å². The molecule has 1 N–H and O–H groups in total. The molecule has 2 amide bonds. The predicted octanol–water partition coefficient (Wildman–Crippen LogP) is 4.56. The summed E-state index contributed by atoms with van der Waals surface area (Å²) in [5.41, 5.74) is 1.84. The van der Waals surface area contributed by atoms with Gasteiger partial charge in [0, 0.05) is 21.8 Å². The molecule has 1 saturated carbocycles. The van der Waals surface area contributed by atoms with Gasteiger partial charge in [-0.25, -0.2) is 0 Å². The summed E-state index contributed by atoms with van der Waals surface area (Å²) in [5, 5.41) is 2.57. The monoisotopic (exact) mass is 371 g/mol. The van der Waals surface area contributed by atoms with Crippen LogP contribution in [0.2, 0.25) is 0 Å². The topological polar surface area (TPSA) is 46.2 Å². The summed E-state index contributed by atoms with van der Waals surface area (Å²) in [5.74, 6) is 6.39. The Morgan fingerprint density at radius 2 is 1.29 bits per heavy atom. The van der Waals surface area contributed by atoms with Gasteiger partial charge in [0.1, 0.15) is 0 Å². The molecule has 2 fully saturated rings. The van der Waals surface area contributed by atoms with Gasteiger partial charge in [0.2, 0.25) is 11.8 Å². The van der Waals surface area contributed by atoms with Crippen LogP contribution in [0.25, 0.3) is 11.1 Å². The number of benzene rings is 2. The Hall–Kier alpha value is -2.86. The molecule has 2 aromatic rings. The summed E-state index contributed by atoms with van der Waals surface area (Å²) in [7, 11) is 0. The van der Waals surface area contributed by atoms with E-state index in [-0.39, 0.29) is 17.2 Å². The number of carbonyl (C=O) groups excluding carboxylic acids is 2. The average molecular weight is 371 g/mol. The summed E-state index contributed by atoms with van der Waals surface area (Å²) in [6.07, 6.45) is 1.95. The van der Waals surface area contributed by atoms with Crippen molar-refractivity contribution in [2.75, 3.05) is 0 Å². The molecule has 1 aliphatic carbocycles. The quantitative estimate of drug-likeness (QED) is 0.590. The summed E-state index contributed by atoms with van der Waals surface area (Å²) in [6.45, 7) is 6.00. The Bertz CT molecular complexity index is 968. The molecule has 3 heteroatoms. The number of fused-ring (bicyclic) bond motifs is 2. The number of rotatable bonds is 1. The van der Waals surface area contributed by atoms with Crippen LogP contribution in [-0.2, 0) is 9.59 Å². The summed E-state index contributed by atoms with van der Waals surface area (Å²) in [4.78, 5) is 24.9. The van der Waals surface area contributed by atoms with E-state index in [4.69, 9.17) is 0 Å². The predicted molar refractivity (Wildman–Crippen MR) is 110 cm³/mol. The maximum absolute atomic E-state index is 12.4. The maximum Gasteiger partial charge on any atom is 0.232 e. The number of nitrogens with one attached hydrogen (secondary N) is 1. The van der Waals surface area contributed by atoms with Crippen molar-refractivity contribution in [3.05, 3.63) is 60.2 Å². The van der Waals surface area contributed by atoms with Crippen LogP contribution < -0.4 is 5.32 Å². The number of imide groups is 1. The minimum atomic E-state index is -0.540. The third-order valence-corrected chi connectivity index (χ3v) is 6.17. The number of hydrogen-bond donors (Lipinski definition) is 1. The second-order valence-electron chi connectivity index (χ2n) is 9.19. The zero-order valence-corrected chi connectivity index (χ0v) is 16.6. The fourth-order valence-electron chi connectivity index (χ4n) is 5.18. The van der Waals surface area contributed by atoms with Gasteiger partial charge < -0.3 is 0 Å². The van der Waals surface area contributed by atoms with Crippen molar-refractivity contribution in [3.8, 4) is 23.0 Å². The SMILES string of the molecule is CC1(C#Cc2ccc(-c3ccccc3)cc2)CC2(C)CC(C)(C1)C(=O)NC2=O. The smallest absolute Gasteiger partial charge is 0.232 e. The third-order valence-electron chi connectivity index (χ3n) is 6.17. The van der Waals surface area contributed by atoms with Gasteiger partial charge in [-0.3, -0.25) is 14.9 Å². The first-order valence-corrected chi connectivity index (χ1v) is 9.76. The van der Waals surface area contributed by atoms with E-state index >= 15 is 0 Å². The first-order valence-electron chi connectivity index (χ1n) is 9.76. The lowest BCUT2D eigenvalue weighted by atomic mass is 9.52. The Labute approximate surface area is 166 Å². The molecule has 0 radical (unpaired) electrons. The lowest BCUT2D eigenvalue weighted by Crippen LogP contribution is -2.61. The zero-order valence-electron chi connectivity index (χ0n) is 16.6. The lowest BCUT2D eigenvalue weighted by molar-refractivity contribution is -0.158. The molecule has 2 bridgehead atoms. The van der Waals surface area contributed by atoms with E-state index < -0.39 is 10.8 Å². The van der Waals surface area contributed by atoms with Crippen molar-refractivity contribution >= 4 is 11.8 Å². The van der Waals surface area contributed by atoms with Crippen LogP contribution in [0, 0.1) is 28.1 Å². The molecule has 2 aliphatic rings. The van der Waals surface area contributed by atoms with Crippen LogP contribution >= 0.6 is 0 Å². The molecule has 0 spiro atoms. The molecule has 2 unspecified atom stereocenters. The number of carbonyl (C=O) groups is 2. The maximum atomic E-state index is 12.4. The van der Waals surface area contributed by atoms with E-state index in [0.717, 1.165) is 11.1 Å². The first kappa shape index (κ1) is 18.5. The number of hydrogen-bond acceptors (Lipinski definition) is 2. The van der Waals surface area contributed by atoms with E-state index in [1.807, 2.05) is 44.2 Å². The summed E-state index contributed by atoms with van der Waals surface area (Å²) in [6, 6.07) is 18.5. The average Bonchev–Trinajstić information content (AvgIpc) is 2.66. The van der Waals surface area contributed by atoms with Crippen LogP contribution in [-0.4, -0.2) is 11.8 Å². The fraction of sp³-hybridized carbons (Fsp3) is 0.360. The highest BCUT2D eigenvalue weighted by Crippen LogP contribution is 2.56. The standard InChI is InChI=1S/C25H25NO2/c1-23(15-24(2)17-25(3,16-23)22(28)26-21(24)27)14-13-18-9-11-20(12-10-18)19-7-5-4-6-8-19/h4-12H,15-17H2,1-3H3,(H,26,27,28). The number of amides is 2. The van der Waals surface area contributed by atoms with Gasteiger partial charge in [-0.05, 0) is 49.4 Å². The van der Waals surface area contributed by atoms with Gasteiger partial charge in [0.25, 0.3) is 0 Å². The second-order valence-corrected chi connectivity index (χ2v) is 9.19. The van der Waals surface area contributed by atoms with Crippen LogP contribution in [0.4, 0.5) is 0 Å². The van der Waals surface area contributed by atoms with E-state index in [1.165, 1.54) is 5.56 Å². The Kier molecular flexibility index (Phi) is 4.19. The molecule has 28 heavy (non-hydrogen) atoms. The molecule has 2 atom stereocenters. The van der Waals surface area contributed by atoms with Crippen molar-refractivity contribution in [2.45, 2.75) is 40.0 Å². The molecule has 3 nitrogen and oxygen atoms in total. The van der Waals surface area contributed by atoms with Crippen LogP contribution in [0.15, 0.2) is 54.6 Å². The van der Waals surface area contributed by atoms with Crippen LogP contribution in [0.3, 0.4) is 0 Å². The van der Waals surface area contributed by atoms with Crippen LogP contribution in [0.5, 0.6) is 0 Å². The van der Waals surface area contributed by atoms with E-state index in [9.17, 15) is 9.59 Å². The largest absolute Gasteiger partial charge is 0.296 e. The normalized spacial score (nSPS) is 31.5. The van der Waals surface area contributed by atoms with Crippen LogP contribution in [0.1, 0.15) is 45.6 Å². The van der Waals surface area contributed by atoms with Crippen molar-refractivity contribution in [2.24, 2.45) is 16.2 Å². The Morgan fingerprint density at radius 1 is 0.750 bits per heavy atom. The van der Waals surface area contributed by atoms with E-state index in [1.54, 1.807) is 0 Å². The van der Waals surface area contributed by atoms with E-state index in [2.05, 4.69) is 48.3 Å². The lowest BCUT2D eigenvalue weighted by Gasteiger charge is -2.52. The molecule has 0 aromatic heterocycles. The van der Waals surface area contributed by atoms with Gasteiger partial charge in [-0.15, -0.1) is 0 Å². The Balaban J connectivity index is 1.60. The molecule has 1 saturated heterocycles. The van der Waals surface area contributed by atoms with Gasteiger partial charge in [0.05, 0.1) is 0 Å². The zero-order chi connectivity index (χ0) is 20.0. The molecule has 1 heterocycles. The fourth-order valence-corrected chi connectivity index (χ4v) is 5.18. The highest BCUT2D eigenvalue weighted by molar-refractivity contribution is 6.03. The molecular formula is C25H25NO2. The van der Waals surface area contributed by atoms with Gasteiger partial charge in [-0.2, -0.15) is 0 Å². The van der Waals surface area contributed by atoms with Crippen molar-refractivity contribution in [1.82, 2.24) is 5.32 Å². The van der Waals surface area contributed by atoms with Crippen molar-refractivity contribution in [3.63, 3.8) is 0 Å². The summed E-state index contributed by atoms with van der Waals surface area (Å²) >= 11 is 0. The number of piperidine rings is 1. The molecular weight excluding hydrogens is 346 g/mol. The van der Waals surface area contributed by atoms with Crippen molar-refractivity contribution in [1.29, 1.82) is 0 Å². The van der Waals surface area contributed by atoms with Gasteiger partial charge in [-0.1, -0.05) is 68.2 Å². The molecule has 142 valence electrons. The second kappa shape index (κ2) is 6.34. The van der Waals surface area contributed by atoms with Crippen molar-refractivity contribution < 1.29 is 9.59 Å². The minimum absolute atomic E-state index is 0.157. The van der Waals surface area contributed by atoms with E-state index in [0.29, 0.717) is 19.3 Å². The highest BCUT2D eigenvalue weighted by atomic mass is 16.2. The Morgan fingerprint density at radius 3 is 1.86 bits per heavy atom.